The fourth-order valence-corrected chi connectivity index (χ4v) is 1.66. The predicted octanol–water partition coefficient (Wildman–Crippen LogP) is 2.53. The molecule has 0 bridgehead atoms. The molecular weight excluding hydrogens is 226 g/mol. The summed E-state index contributed by atoms with van der Waals surface area (Å²) in [5.74, 6) is -0.220. The predicted molar refractivity (Wildman–Crippen MR) is 72.5 cm³/mol. The first-order valence-electron chi connectivity index (χ1n) is 5.67. The number of hydrogen-bond acceptors (Lipinski definition) is 3. The molecule has 0 fully saturated rings. The first kappa shape index (κ1) is 12.1. The third kappa shape index (κ3) is 2.48. The summed E-state index contributed by atoms with van der Waals surface area (Å²) in [7, 11) is 0. The van der Waals surface area contributed by atoms with Gasteiger partial charge in [-0.1, -0.05) is 6.07 Å². The van der Waals surface area contributed by atoms with Crippen LogP contribution in [0.3, 0.4) is 0 Å². The van der Waals surface area contributed by atoms with Crippen molar-refractivity contribution in [2.75, 3.05) is 11.1 Å². The molecule has 0 aliphatic rings. The fraction of sp³-hybridized carbons (Fsp3) is 0.143. The van der Waals surface area contributed by atoms with Crippen molar-refractivity contribution >= 4 is 17.3 Å². The Kier molecular flexibility index (Phi) is 3.28. The highest BCUT2D eigenvalue weighted by atomic mass is 16.1. The van der Waals surface area contributed by atoms with E-state index in [1.807, 2.05) is 26.0 Å². The van der Waals surface area contributed by atoms with Crippen LogP contribution in [-0.4, -0.2) is 10.9 Å². The first-order valence-corrected chi connectivity index (χ1v) is 5.67. The lowest BCUT2D eigenvalue weighted by Crippen LogP contribution is -2.14. The highest BCUT2D eigenvalue weighted by Crippen LogP contribution is 2.22. The highest BCUT2D eigenvalue weighted by Gasteiger charge is 2.09. The van der Waals surface area contributed by atoms with E-state index in [1.54, 1.807) is 24.4 Å². The molecule has 0 saturated carbocycles. The van der Waals surface area contributed by atoms with Gasteiger partial charge in [0.15, 0.2) is 0 Å². The summed E-state index contributed by atoms with van der Waals surface area (Å²) in [5, 5.41) is 2.84. The topological polar surface area (TPSA) is 68.0 Å². The minimum atomic E-state index is -0.220. The van der Waals surface area contributed by atoms with Gasteiger partial charge in [0, 0.05) is 17.6 Å². The molecule has 1 aromatic carbocycles. The van der Waals surface area contributed by atoms with Crippen molar-refractivity contribution < 1.29 is 4.79 Å². The number of nitrogens with zero attached hydrogens (tertiary/aromatic N) is 1. The van der Waals surface area contributed by atoms with Crippen molar-refractivity contribution in [3.05, 3.63) is 53.3 Å². The van der Waals surface area contributed by atoms with E-state index < -0.39 is 0 Å². The zero-order chi connectivity index (χ0) is 13.1. The molecule has 4 heteroatoms. The van der Waals surface area contributed by atoms with E-state index in [2.05, 4.69) is 10.3 Å². The number of hydrogen-bond donors (Lipinski definition) is 2. The number of nitrogen functional groups attached to an aromatic ring is 1. The molecule has 0 unspecified atom stereocenters. The van der Waals surface area contributed by atoms with Crippen LogP contribution in [-0.2, 0) is 0 Å². The number of anilines is 2. The van der Waals surface area contributed by atoms with Gasteiger partial charge in [0.05, 0.1) is 0 Å². The number of pyridine rings is 1. The normalized spacial score (nSPS) is 10.1. The molecule has 0 radical (unpaired) electrons. The molecule has 1 heterocycles. The van der Waals surface area contributed by atoms with Gasteiger partial charge in [0.25, 0.3) is 5.91 Å². The number of nitrogens with one attached hydrogen (secondary N) is 1. The summed E-state index contributed by atoms with van der Waals surface area (Å²) in [5.41, 5.74) is 9.56. The molecule has 2 aromatic rings. The van der Waals surface area contributed by atoms with Crippen molar-refractivity contribution in [1.82, 2.24) is 4.98 Å². The number of amides is 1. The van der Waals surface area contributed by atoms with Crippen LogP contribution in [0.5, 0.6) is 0 Å². The Hall–Kier alpha value is -2.36. The van der Waals surface area contributed by atoms with Crippen molar-refractivity contribution in [2.45, 2.75) is 13.8 Å². The van der Waals surface area contributed by atoms with Crippen LogP contribution in [0.4, 0.5) is 11.4 Å². The number of carbonyl (C=O) groups is 1. The van der Waals surface area contributed by atoms with E-state index in [0.29, 0.717) is 5.69 Å². The molecule has 3 N–H and O–H groups in total. The molecule has 2 rings (SSSR count). The highest BCUT2D eigenvalue weighted by molar-refractivity contribution is 6.03. The molecule has 0 saturated heterocycles. The Balaban J connectivity index is 2.25. The van der Waals surface area contributed by atoms with Gasteiger partial charge in [0.1, 0.15) is 5.69 Å². The van der Waals surface area contributed by atoms with Crippen LogP contribution in [0, 0.1) is 13.8 Å². The summed E-state index contributed by atoms with van der Waals surface area (Å²) in [4.78, 5) is 16.0. The van der Waals surface area contributed by atoms with Crippen molar-refractivity contribution in [1.29, 1.82) is 0 Å². The summed E-state index contributed by atoms with van der Waals surface area (Å²) >= 11 is 0. The standard InChI is InChI=1S/C14H15N3O/c1-9-8-13(10(2)7-11(9)15)17-14(18)12-5-3-4-6-16-12/h3-8H,15H2,1-2H3,(H,17,18). The van der Waals surface area contributed by atoms with E-state index in [-0.39, 0.29) is 5.91 Å². The Bertz CT molecular complexity index is 579. The maximum absolute atomic E-state index is 12.0. The maximum Gasteiger partial charge on any atom is 0.274 e. The lowest BCUT2D eigenvalue weighted by atomic mass is 10.1. The van der Waals surface area contributed by atoms with E-state index in [1.165, 1.54) is 0 Å². The zero-order valence-corrected chi connectivity index (χ0v) is 10.4. The average Bonchev–Trinajstić information content (AvgIpc) is 2.37. The van der Waals surface area contributed by atoms with Crippen LogP contribution in [0.2, 0.25) is 0 Å². The number of nitrogens with two attached hydrogens (primary N) is 1. The monoisotopic (exact) mass is 241 g/mol. The average molecular weight is 241 g/mol. The third-order valence-corrected chi connectivity index (χ3v) is 2.76. The minimum absolute atomic E-state index is 0.220. The SMILES string of the molecule is Cc1cc(NC(=O)c2ccccn2)c(C)cc1N. The Labute approximate surface area is 106 Å². The summed E-state index contributed by atoms with van der Waals surface area (Å²) < 4.78 is 0. The number of benzene rings is 1. The molecule has 0 atom stereocenters. The van der Waals surface area contributed by atoms with Gasteiger partial charge in [0.2, 0.25) is 0 Å². The first-order chi connectivity index (χ1) is 8.58. The smallest absolute Gasteiger partial charge is 0.274 e. The van der Waals surface area contributed by atoms with Crippen LogP contribution >= 0.6 is 0 Å². The van der Waals surface area contributed by atoms with E-state index in [4.69, 9.17) is 5.73 Å². The number of aryl methyl sites for hydroxylation is 2. The molecule has 4 nitrogen and oxygen atoms in total. The quantitative estimate of drug-likeness (QED) is 0.794. The Morgan fingerprint density at radius 1 is 1.22 bits per heavy atom. The molecule has 1 aromatic heterocycles. The van der Waals surface area contributed by atoms with Crippen LogP contribution in [0.15, 0.2) is 36.5 Å². The molecule has 0 aliphatic heterocycles. The number of aromatic nitrogens is 1. The third-order valence-electron chi connectivity index (χ3n) is 2.76. The molecular formula is C14H15N3O. The van der Waals surface area contributed by atoms with E-state index in [9.17, 15) is 4.79 Å². The van der Waals surface area contributed by atoms with E-state index >= 15 is 0 Å². The van der Waals surface area contributed by atoms with Crippen LogP contribution < -0.4 is 11.1 Å². The zero-order valence-electron chi connectivity index (χ0n) is 10.4. The summed E-state index contributed by atoms with van der Waals surface area (Å²) in [6.07, 6.45) is 1.59. The molecule has 92 valence electrons. The van der Waals surface area contributed by atoms with Crippen LogP contribution in [0.1, 0.15) is 21.6 Å². The summed E-state index contributed by atoms with van der Waals surface area (Å²) in [6, 6.07) is 8.95. The van der Waals surface area contributed by atoms with Gasteiger partial charge in [-0.15, -0.1) is 0 Å². The second-order valence-electron chi connectivity index (χ2n) is 4.19. The lowest BCUT2D eigenvalue weighted by Gasteiger charge is -2.10. The van der Waals surface area contributed by atoms with Crippen LogP contribution in [0.25, 0.3) is 0 Å². The maximum atomic E-state index is 12.0. The second-order valence-corrected chi connectivity index (χ2v) is 4.19. The molecule has 1 amide bonds. The minimum Gasteiger partial charge on any atom is -0.399 e. The van der Waals surface area contributed by atoms with Gasteiger partial charge < -0.3 is 11.1 Å². The van der Waals surface area contributed by atoms with Gasteiger partial charge in [-0.25, -0.2) is 0 Å². The number of rotatable bonds is 2. The molecule has 18 heavy (non-hydrogen) atoms. The number of carbonyl (C=O) groups excluding carboxylic acids is 1. The Morgan fingerprint density at radius 3 is 2.67 bits per heavy atom. The second kappa shape index (κ2) is 4.87. The largest absolute Gasteiger partial charge is 0.399 e. The Morgan fingerprint density at radius 2 is 2.00 bits per heavy atom. The fourth-order valence-electron chi connectivity index (χ4n) is 1.66. The lowest BCUT2D eigenvalue weighted by molar-refractivity contribution is 0.102. The van der Waals surface area contributed by atoms with Crippen molar-refractivity contribution in [3.8, 4) is 0 Å². The summed E-state index contributed by atoms with van der Waals surface area (Å²) in [6.45, 7) is 3.81. The van der Waals surface area contributed by atoms with Crippen molar-refractivity contribution in [3.63, 3.8) is 0 Å². The van der Waals surface area contributed by atoms with Gasteiger partial charge in [-0.05, 0) is 49.2 Å². The molecule has 0 spiro atoms. The van der Waals surface area contributed by atoms with Gasteiger partial charge in [-0.2, -0.15) is 0 Å². The van der Waals surface area contributed by atoms with Gasteiger partial charge in [-0.3, -0.25) is 9.78 Å². The van der Waals surface area contributed by atoms with Gasteiger partial charge >= 0.3 is 0 Å². The van der Waals surface area contributed by atoms with Crippen molar-refractivity contribution in [2.24, 2.45) is 0 Å². The van der Waals surface area contributed by atoms with E-state index in [0.717, 1.165) is 22.5 Å². The molecule has 0 aliphatic carbocycles.